The first-order chi connectivity index (χ1) is 6.68. The van der Waals surface area contributed by atoms with E-state index in [1.165, 1.54) is 0 Å². The summed E-state index contributed by atoms with van der Waals surface area (Å²) in [5.74, 6) is 0.846. The maximum atomic E-state index is 9.88. The van der Waals surface area contributed by atoms with Gasteiger partial charge >= 0.3 is 0 Å². The second-order valence-electron chi connectivity index (χ2n) is 4.01. The van der Waals surface area contributed by atoms with E-state index in [2.05, 4.69) is 5.32 Å². The van der Waals surface area contributed by atoms with Crippen molar-refractivity contribution in [3.05, 3.63) is 29.7 Å². The van der Waals surface area contributed by atoms with Crippen LogP contribution in [-0.4, -0.2) is 23.8 Å². The van der Waals surface area contributed by atoms with Gasteiger partial charge in [0, 0.05) is 13.1 Å². The van der Waals surface area contributed by atoms with E-state index in [0.29, 0.717) is 19.5 Å². The van der Waals surface area contributed by atoms with Crippen LogP contribution in [0, 0.1) is 0 Å². The Balaban J connectivity index is 1.98. The molecule has 3 nitrogen and oxygen atoms in total. The van der Waals surface area contributed by atoms with Crippen LogP contribution in [0.1, 0.15) is 19.1 Å². The Labute approximate surface area is 83.4 Å². The number of furan rings is 1. The zero-order valence-electron chi connectivity index (χ0n) is 8.29. The van der Waals surface area contributed by atoms with Crippen LogP contribution in [0.5, 0.6) is 0 Å². The number of nitrogens with one attached hydrogen (secondary N) is 1. The second kappa shape index (κ2) is 3.59. The summed E-state index contributed by atoms with van der Waals surface area (Å²) in [5.41, 5.74) is 0.608. The smallest absolute Gasteiger partial charge is 0.126 e. The van der Waals surface area contributed by atoms with Crippen molar-refractivity contribution in [1.82, 2.24) is 5.32 Å². The zero-order chi connectivity index (χ0) is 10.0. The molecule has 0 spiro atoms. The molecule has 1 saturated heterocycles. The third-order valence-corrected chi connectivity index (χ3v) is 2.45. The molecule has 1 aromatic heterocycles. The summed E-state index contributed by atoms with van der Waals surface area (Å²) >= 11 is 0. The highest BCUT2D eigenvalue weighted by atomic mass is 16.3. The van der Waals surface area contributed by atoms with Crippen LogP contribution < -0.4 is 5.32 Å². The molecule has 3 heteroatoms. The third-order valence-electron chi connectivity index (χ3n) is 2.45. The van der Waals surface area contributed by atoms with Crippen LogP contribution >= 0.6 is 0 Å². The van der Waals surface area contributed by atoms with Crippen molar-refractivity contribution in [1.29, 1.82) is 0 Å². The normalized spacial score (nSPS) is 20.6. The van der Waals surface area contributed by atoms with Gasteiger partial charge in [0.15, 0.2) is 0 Å². The first-order valence-corrected chi connectivity index (χ1v) is 4.82. The molecule has 76 valence electrons. The third kappa shape index (κ3) is 2.05. The van der Waals surface area contributed by atoms with E-state index in [0.717, 1.165) is 11.3 Å². The molecule has 2 heterocycles. The van der Waals surface area contributed by atoms with E-state index in [-0.39, 0.29) is 0 Å². The highest BCUT2D eigenvalue weighted by Crippen LogP contribution is 2.22. The van der Waals surface area contributed by atoms with Crippen molar-refractivity contribution in [3.63, 3.8) is 0 Å². The van der Waals surface area contributed by atoms with Crippen molar-refractivity contribution in [3.8, 4) is 0 Å². The van der Waals surface area contributed by atoms with E-state index in [1.807, 2.05) is 25.1 Å². The molecule has 0 aliphatic carbocycles. The zero-order valence-corrected chi connectivity index (χ0v) is 8.29. The summed E-state index contributed by atoms with van der Waals surface area (Å²) < 4.78 is 5.20. The molecule has 1 aromatic rings. The quantitative estimate of drug-likeness (QED) is 0.762. The van der Waals surface area contributed by atoms with E-state index in [1.54, 1.807) is 6.26 Å². The number of hydrogen-bond acceptors (Lipinski definition) is 3. The van der Waals surface area contributed by atoms with Gasteiger partial charge in [0.1, 0.15) is 5.76 Å². The van der Waals surface area contributed by atoms with Gasteiger partial charge in [-0.3, -0.25) is 0 Å². The lowest BCUT2D eigenvalue weighted by molar-refractivity contribution is -0.00872. The van der Waals surface area contributed by atoms with Crippen LogP contribution in [0.2, 0.25) is 0 Å². The molecule has 0 amide bonds. The van der Waals surface area contributed by atoms with Gasteiger partial charge in [-0.2, -0.15) is 0 Å². The van der Waals surface area contributed by atoms with Crippen molar-refractivity contribution in [2.24, 2.45) is 0 Å². The maximum Gasteiger partial charge on any atom is 0.126 e. The van der Waals surface area contributed by atoms with Crippen molar-refractivity contribution >= 4 is 6.08 Å². The van der Waals surface area contributed by atoms with Crippen molar-refractivity contribution in [2.75, 3.05) is 13.1 Å². The van der Waals surface area contributed by atoms with Gasteiger partial charge in [-0.15, -0.1) is 0 Å². The Hall–Kier alpha value is -1.06. The molecule has 0 saturated carbocycles. The topological polar surface area (TPSA) is 45.4 Å². The highest BCUT2D eigenvalue weighted by molar-refractivity contribution is 5.46. The fraction of sp³-hybridized carbons (Fsp3) is 0.455. The number of hydrogen-bond donors (Lipinski definition) is 2. The average Bonchev–Trinajstić information content (AvgIpc) is 2.53. The predicted octanol–water partition coefficient (Wildman–Crippen LogP) is 1.41. The van der Waals surface area contributed by atoms with E-state index in [4.69, 9.17) is 4.42 Å². The largest absolute Gasteiger partial charge is 0.465 e. The molecule has 2 N–H and O–H groups in total. The molecule has 0 unspecified atom stereocenters. The van der Waals surface area contributed by atoms with Gasteiger partial charge in [0.05, 0.1) is 11.9 Å². The SMILES string of the molecule is C/C(=C\c1ccco1)CC1(O)CNC1. The Bertz CT molecular complexity index is 323. The van der Waals surface area contributed by atoms with Gasteiger partial charge in [-0.05, 0) is 31.6 Å². The van der Waals surface area contributed by atoms with E-state index < -0.39 is 5.60 Å². The predicted molar refractivity (Wildman–Crippen MR) is 54.8 cm³/mol. The highest BCUT2D eigenvalue weighted by Gasteiger charge is 2.33. The van der Waals surface area contributed by atoms with Crippen molar-refractivity contribution < 1.29 is 9.52 Å². The summed E-state index contributed by atoms with van der Waals surface area (Å²) in [5, 5.41) is 12.9. The van der Waals surface area contributed by atoms with E-state index in [9.17, 15) is 5.11 Å². The molecule has 0 aromatic carbocycles. The molecule has 1 fully saturated rings. The minimum absolute atomic E-state index is 0.535. The molecule has 0 bridgehead atoms. The summed E-state index contributed by atoms with van der Waals surface area (Å²) in [4.78, 5) is 0. The fourth-order valence-electron chi connectivity index (χ4n) is 1.72. The molecule has 0 radical (unpaired) electrons. The number of rotatable bonds is 3. The lowest BCUT2D eigenvalue weighted by Crippen LogP contribution is -2.59. The molecule has 1 aliphatic heterocycles. The van der Waals surface area contributed by atoms with Crippen LogP contribution in [0.3, 0.4) is 0 Å². The number of β-amino-alcohol motifs (C(OH)–C–C–N with tert-alkyl or cyclic N) is 1. The van der Waals surface area contributed by atoms with Crippen LogP contribution in [0.4, 0.5) is 0 Å². The standard InChI is InChI=1S/C11H15NO2/c1-9(5-10-3-2-4-14-10)6-11(13)7-12-8-11/h2-5,12-13H,6-8H2,1H3/b9-5+. The van der Waals surface area contributed by atoms with Crippen LogP contribution in [0.15, 0.2) is 28.4 Å². The Morgan fingerprint density at radius 1 is 1.71 bits per heavy atom. The summed E-state index contributed by atoms with van der Waals surface area (Å²) in [6, 6.07) is 3.77. The van der Waals surface area contributed by atoms with Gasteiger partial charge in [0.25, 0.3) is 0 Å². The minimum Gasteiger partial charge on any atom is -0.465 e. The Morgan fingerprint density at radius 2 is 2.50 bits per heavy atom. The summed E-state index contributed by atoms with van der Waals surface area (Å²) in [6.45, 7) is 3.39. The molecule has 14 heavy (non-hydrogen) atoms. The van der Waals surface area contributed by atoms with E-state index >= 15 is 0 Å². The molecular formula is C11H15NO2. The number of aliphatic hydroxyl groups is 1. The molecule has 1 aliphatic rings. The summed E-state index contributed by atoms with van der Waals surface area (Å²) in [6.07, 6.45) is 4.33. The van der Waals surface area contributed by atoms with Crippen LogP contribution in [-0.2, 0) is 0 Å². The fourth-order valence-corrected chi connectivity index (χ4v) is 1.72. The van der Waals surface area contributed by atoms with Gasteiger partial charge in [-0.1, -0.05) is 5.57 Å². The molecule has 0 atom stereocenters. The average molecular weight is 193 g/mol. The van der Waals surface area contributed by atoms with Crippen molar-refractivity contribution in [2.45, 2.75) is 18.9 Å². The molecular weight excluding hydrogens is 178 g/mol. The maximum absolute atomic E-state index is 9.88. The Morgan fingerprint density at radius 3 is 3.00 bits per heavy atom. The first-order valence-electron chi connectivity index (χ1n) is 4.82. The lowest BCUT2D eigenvalue weighted by atomic mass is 9.89. The van der Waals surface area contributed by atoms with Gasteiger partial charge < -0.3 is 14.8 Å². The Kier molecular flexibility index (Phi) is 2.44. The first kappa shape index (κ1) is 9.49. The molecule has 2 rings (SSSR count). The second-order valence-corrected chi connectivity index (χ2v) is 4.01. The van der Waals surface area contributed by atoms with Gasteiger partial charge in [0.2, 0.25) is 0 Å². The van der Waals surface area contributed by atoms with Gasteiger partial charge in [-0.25, -0.2) is 0 Å². The summed E-state index contributed by atoms with van der Waals surface area (Å²) in [7, 11) is 0. The lowest BCUT2D eigenvalue weighted by Gasteiger charge is -2.37. The van der Waals surface area contributed by atoms with Crippen LogP contribution in [0.25, 0.3) is 6.08 Å². The monoisotopic (exact) mass is 193 g/mol. The minimum atomic E-state index is -0.535.